The van der Waals surface area contributed by atoms with Crippen LogP contribution >= 0.6 is 11.6 Å². The zero-order valence-corrected chi connectivity index (χ0v) is 18.7. The average molecular weight is 427 g/mol. The van der Waals surface area contributed by atoms with Crippen molar-refractivity contribution < 1.29 is 14.3 Å². The molecule has 0 heterocycles. The summed E-state index contributed by atoms with van der Waals surface area (Å²) in [6, 6.07) is 6.98. The van der Waals surface area contributed by atoms with Crippen LogP contribution in [0.5, 0.6) is 0 Å². The Labute approximate surface area is 184 Å². The van der Waals surface area contributed by atoms with E-state index in [1.165, 1.54) is 18.4 Å². The van der Waals surface area contributed by atoms with Gasteiger partial charge in [0.05, 0.1) is 5.56 Å². The maximum Gasteiger partial charge on any atom is 0.338 e. The highest BCUT2D eigenvalue weighted by molar-refractivity contribution is 6.30. The minimum Gasteiger partial charge on any atom is -0.458 e. The van der Waals surface area contributed by atoms with Crippen LogP contribution in [0.25, 0.3) is 0 Å². The van der Waals surface area contributed by atoms with Crippen LogP contribution in [0, 0.1) is 28.6 Å². The average Bonchev–Trinajstić information content (AvgIpc) is 3.05. The van der Waals surface area contributed by atoms with Crippen LogP contribution in [0.2, 0.25) is 5.02 Å². The van der Waals surface area contributed by atoms with Gasteiger partial charge in [0.15, 0.2) is 5.78 Å². The lowest BCUT2D eigenvalue weighted by Crippen LogP contribution is -2.51. The van der Waals surface area contributed by atoms with Gasteiger partial charge >= 0.3 is 5.97 Å². The van der Waals surface area contributed by atoms with Crippen molar-refractivity contribution in [3.63, 3.8) is 0 Å². The second-order valence-electron chi connectivity index (χ2n) is 10.5. The Balaban J connectivity index is 1.35. The molecule has 3 saturated carbocycles. The van der Waals surface area contributed by atoms with E-state index in [0.717, 1.165) is 32.1 Å². The van der Waals surface area contributed by atoms with E-state index in [1.54, 1.807) is 24.3 Å². The third-order valence-corrected chi connectivity index (χ3v) is 9.46. The van der Waals surface area contributed by atoms with Gasteiger partial charge in [0, 0.05) is 16.9 Å². The van der Waals surface area contributed by atoms with Crippen molar-refractivity contribution in [2.24, 2.45) is 28.6 Å². The molecule has 1 unspecified atom stereocenters. The van der Waals surface area contributed by atoms with Crippen molar-refractivity contribution in [2.75, 3.05) is 0 Å². The van der Waals surface area contributed by atoms with Gasteiger partial charge in [-0.05, 0) is 98.5 Å². The molecule has 6 atom stereocenters. The minimum atomic E-state index is -0.229. The monoisotopic (exact) mass is 426 g/mol. The quantitative estimate of drug-likeness (QED) is 0.514. The van der Waals surface area contributed by atoms with Gasteiger partial charge < -0.3 is 4.74 Å². The highest BCUT2D eigenvalue weighted by atomic mass is 35.5. The number of fused-ring (bicyclic) bond motifs is 5. The summed E-state index contributed by atoms with van der Waals surface area (Å²) >= 11 is 5.96. The Hall–Kier alpha value is -1.61. The summed E-state index contributed by atoms with van der Waals surface area (Å²) in [4.78, 5) is 24.8. The number of hydrogen-bond donors (Lipinski definition) is 0. The Kier molecular flexibility index (Phi) is 4.89. The van der Waals surface area contributed by atoms with Crippen LogP contribution in [0.15, 0.2) is 35.9 Å². The molecule has 0 N–H and O–H groups in total. The Morgan fingerprint density at radius 2 is 1.77 bits per heavy atom. The van der Waals surface area contributed by atoms with Crippen LogP contribution in [0.3, 0.4) is 0 Å². The van der Waals surface area contributed by atoms with Gasteiger partial charge in [0.2, 0.25) is 0 Å². The number of rotatable bonds is 2. The molecule has 0 bridgehead atoms. The lowest BCUT2D eigenvalue weighted by Gasteiger charge is -2.57. The topological polar surface area (TPSA) is 43.4 Å². The predicted octanol–water partition coefficient (Wildman–Crippen LogP) is 6.40. The fraction of sp³-hybridized carbons (Fsp3) is 0.615. The Morgan fingerprint density at radius 3 is 2.53 bits per heavy atom. The standard InChI is InChI=1S/C26H31ClO3/c1-25-13-11-19(28)15-17(25)5-8-20-21-9-10-23(26(21,2)14-12-22(20)25)30-24(29)16-3-6-18(27)7-4-16/h3-4,6-7,15,20-23H,5,8-14H2,1-2H3/t20-,21-,22+,23?,25-,26-/m0/s1. The van der Waals surface area contributed by atoms with Gasteiger partial charge in [-0.25, -0.2) is 4.79 Å². The molecule has 4 heteroatoms. The van der Waals surface area contributed by atoms with Crippen molar-refractivity contribution in [1.82, 2.24) is 0 Å². The van der Waals surface area contributed by atoms with E-state index in [9.17, 15) is 9.59 Å². The highest BCUT2D eigenvalue weighted by Crippen LogP contribution is 2.65. The van der Waals surface area contributed by atoms with Crippen molar-refractivity contribution in [3.05, 3.63) is 46.5 Å². The summed E-state index contributed by atoms with van der Waals surface area (Å²) in [6.07, 6.45) is 10.3. The molecule has 0 aromatic heterocycles. The second kappa shape index (κ2) is 7.22. The van der Waals surface area contributed by atoms with Crippen molar-refractivity contribution in [1.29, 1.82) is 0 Å². The molecule has 3 nitrogen and oxygen atoms in total. The van der Waals surface area contributed by atoms with Gasteiger partial charge in [-0.1, -0.05) is 31.0 Å². The molecule has 0 saturated heterocycles. The molecular weight excluding hydrogens is 396 g/mol. The molecular formula is C26H31ClO3. The van der Waals surface area contributed by atoms with Crippen LogP contribution in [0.1, 0.15) is 75.6 Å². The van der Waals surface area contributed by atoms with Gasteiger partial charge in [-0.15, -0.1) is 0 Å². The lowest BCUT2D eigenvalue weighted by atomic mass is 9.47. The van der Waals surface area contributed by atoms with Crippen LogP contribution in [-0.4, -0.2) is 17.9 Å². The third kappa shape index (κ3) is 3.07. The first-order chi connectivity index (χ1) is 14.3. The number of esters is 1. The van der Waals surface area contributed by atoms with Gasteiger partial charge in [-0.2, -0.15) is 0 Å². The first-order valence-corrected chi connectivity index (χ1v) is 11.9. The summed E-state index contributed by atoms with van der Waals surface area (Å²) in [7, 11) is 0. The molecule has 0 radical (unpaired) electrons. The van der Waals surface area contributed by atoms with Crippen molar-refractivity contribution in [2.45, 2.75) is 71.3 Å². The van der Waals surface area contributed by atoms with E-state index < -0.39 is 0 Å². The van der Waals surface area contributed by atoms with E-state index in [1.807, 2.05) is 6.08 Å². The fourth-order valence-corrected chi connectivity index (χ4v) is 7.61. The van der Waals surface area contributed by atoms with E-state index in [0.29, 0.717) is 40.5 Å². The summed E-state index contributed by atoms with van der Waals surface area (Å²) in [5, 5.41) is 0.626. The smallest absolute Gasteiger partial charge is 0.338 e. The number of ether oxygens (including phenoxy) is 1. The normalized spacial score (nSPS) is 40.1. The highest BCUT2D eigenvalue weighted by Gasteiger charge is 2.60. The molecule has 1 aromatic rings. The fourth-order valence-electron chi connectivity index (χ4n) is 7.49. The number of halogens is 1. The molecule has 5 rings (SSSR count). The van der Waals surface area contributed by atoms with Gasteiger partial charge in [0.25, 0.3) is 0 Å². The number of ketones is 1. The van der Waals surface area contributed by atoms with Crippen LogP contribution in [0.4, 0.5) is 0 Å². The SMILES string of the molecule is C[C@]12CCC(=O)C=C1CC[C@@H]1[C@H]2CC[C@]2(C)C(OC(=O)c3ccc(Cl)cc3)CC[C@@H]12. The molecule has 0 spiro atoms. The van der Waals surface area contributed by atoms with Crippen LogP contribution in [-0.2, 0) is 9.53 Å². The van der Waals surface area contributed by atoms with Crippen LogP contribution < -0.4 is 0 Å². The molecule has 4 aliphatic rings. The van der Waals surface area contributed by atoms with E-state index >= 15 is 0 Å². The molecule has 0 amide bonds. The first kappa shape index (κ1) is 20.3. The minimum absolute atomic E-state index is 0.00990. The second-order valence-corrected chi connectivity index (χ2v) is 10.9. The number of allylic oxidation sites excluding steroid dienone is 1. The first-order valence-electron chi connectivity index (χ1n) is 11.5. The summed E-state index contributed by atoms with van der Waals surface area (Å²) in [5.41, 5.74) is 2.24. The summed E-state index contributed by atoms with van der Waals surface area (Å²) < 4.78 is 6.10. The summed E-state index contributed by atoms with van der Waals surface area (Å²) in [5.74, 6) is 2.03. The van der Waals surface area contributed by atoms with Crippen molar-refractivity contribution >= 4 is 23.4 Å². The number of hydrogen-bond acceptors (Lipinski definition) is 3. The molecule has 30 heavy (non-hydrogen) atoms. The molecule has 1 aromatic carbocycles. The number of carbonyl (C=O) groups excluding carboxylic acids is 2. The molecule has 3 fully saturated rings. The largest absolute Gasteiger partial charge is 0.458 e. The maximum absolute atomic E-state index is 12.8. The maximum atomic E-state index is 12.8. The number of benzene rings is 1. The summed E-state index contributed by atoms with van der Waals surface area (Å²) in [6.45, 7) is 4.77. The Bertz CT molecular complexity index is 903. The molecule has 160 valence electrons. The van der Waals surface area contributed by atoms with E-state index in [4.69, 9.17) is 16.3 Å². The van der Waals surface area contributed by atoms with Crippen molar-refractivity contribution in [3.8, 4) is 0 Å². The molecule has 0 aliphatic heterocycles. The lowest BCUT2D eigenvalue weighted by molar-refractivity contribution is -0.118. The zero-order chi connectivity index (χ0) is 21.1. The predicted molar refractivity (Wildman–Crippen MR) is 117 cm³/mol. The number of carbonyl (C=O) groups is 2. The van der Waals surface area contributed by atoms with Gasteiger partial charge in [-0.3, -0.25) is 4.79 Å². The van der Waals surface area contributed by atoms with Gasteiger partial charge in [0.1, 0.15) is 6.10 Å². The molecule has 4 aliphatic carbocycles. The zero-order valence-electron chi connectivity index (χ0n) is 18.0. The Morgan fingerprint density at radius 1 is 1.00 bits per heavy atom. The van der Waals surface area contributed by atoms with E-state index in [2.05, 4.69) is 13.8 Å². The third-order valence-electron chi connectivity index (χ3n) is 9.20. The van der Waals surface area contributed by atoms with E-state index in [-0.39, 0.29) is 22.9 Å².